The standard InChI is InChI=1S/C20H21N5O3S/c26-19-7-4-13-23(19)15-8-10-16(11-9-15)29(27,28)25-14-3-5-17(25)20-22-21-18-6-1-2-12-24(18)20/h1-2,6,8-12,17H,3-5,7,13-14H2/t17-/m1/s1. The summed E-state index contributed by atoms with van der Waals surface area (Å²) in [6, 6.07) is 11.9. The molecule has 2 aliphatic heterocycles. The number of hydrogen-bond acceptors (Lipinski definition) is 5. The van der Waals surface area contributed by atoms with E-state index >= 15 is 0 Å². The highest BCUT2D eigenvalue weighted by molar-refractivity contribution is 7.89. The topological polar surface area (TPSA) is 87.9 Å². The molecule has 1 aromatic carbocycles. The number of nitrogens with zero attached hydrogens (tertiary/aromatic N) is 5. The minimum atomic E-state index is -3.69. The third-order valence-corrected chi connectivity index (χ3v) is 7.59. The van der Waals surface area contributed by atoms with Gasteiger partial charge in [0.25, 0.3) is 0 Å². The number of pyridine rings is 1. The van der Waals surface area contributed by atoms with Gasteiger partial charge in [0.05, 0.1) is 10.9 Å². The van der Waals surface area contributed by atoms with Crippen LogP contribution in [0.25, 0.3) is 5.65 Å². The Morgan fingerprint density at radius 2 is 1.79 bits per heavy atom. The summed E-state index contributed by atoms with van der Waals surface area (Å²) < 4.78 is 30.1. The first-order valence-electron chi connectivity index (χ1n) is 9.78. The van der Waals surface area contributed by atoms with Gasteiger partial charge < -0.3 is 4.90 Å². The van der Waals surface area contributed by atoms with Gasteiger partial charge in [-0.1, -0.05) is 6.07 Å². The van der Waals surface area contributed by atoms with Gasteiger partial charge in [0.2, 0.25) is 15.9 Å². The first-order valence-corrected chi connectivity index (χ1v) is 11.2. The van der Waals surface area contributed by atoms with Crippen molar-refractivity contribution in [3.8, 4) is 0 Å². The van der Waals surface area contributed by atoms with E-state index in [9.17, 15) is 13.2 Å². The molecule has 2 aliphatic rings. The molecule has 1 amide bonds. The van der Waals surface area contributed by atoms with Gasteiger partial charge in [-0.05, 0) is 55.7 Å². The number of anilines is 1. The summed E-state index contributed by atoms with van der Waals surface area (Å²) in [4.78, 5) is 13.9. The summed E-state index contributed by atoms with van der Waals surface area (Å²) in [6.45, 7) is 1.13. The van der Waals surface area contributed by atoms with Crippen LogP contribution in [0.15, 0.2) is 53.6 Å². The molecule has 0 saturated carbocycles. The number of rotatable bonds is 4. The molecule has 1 atom stereocenters. The van der Waals surface area contributed by atoms with Crippen molar-refractivity contribution in [2.24, 2.45) is 0 Å². The Hall–Kier alpha value is -2.78. The molecule has 29 heavy (non-hydrogen) atoms. The number of amides is 1. The highest BCUT2D eigenvalue weighted by Gasteiger charge is 2.38. The lowest BCUT2D eigenvalue weighted by atomic mass is 10.2. The van der Waals surface area contributed by atoms with Crippen molar-refractivity contribution in [3.63, 3.8) is 0 Å². The number of carbonyl (C=O) groups excluding carboxylic acids is 1. The monoisotopic (exact) mass is 411 g/mol. The van der Waals surface area contributed by atoms with Crippen LogP contribution in [-0.2, 0) is 14.8 Å². The average molecular weight is 411 g/mol. The summed E-state index contributed by atoms with van der Waals surface area (Å²) >= 11 is 0. The normalized spacial score (nSPS) is 20.8. The Balaban J connectivity index is 1.46. The van der Waals surface area contributed by atoms with E-state index in [2.05, 4.69) is 10.2 Å². The lowest BCUT2D eigenvalue weighted by Gasteiger charge is -2.23. The minimum absolute atomic E-state index is 0.0823. The molecular formula is C20H21N5O3S. The maximum absolute atomic E-state index is 13.4. The zero-order valence-electron chi connectivity index (χ0n) is 15.8. The van der Waals surface area contributed by atoms with Crippen molar-refractivity contribution >= 4 is 27.3 Å². The fourth-order valence-corrected chi connectivity index (χ4v) is 5.88. The average Bonchev–Trinajstić information content (AvgIpc) is 3.47. The predicted molar refractivity (Wildman–Crippen MR) is 107 cm³/mol. The maximum Gasteiger partial charge on any atom is 0.243 e. The molecule has 4 heterocycles. The molecule has 2 aromatic heterocycles. The van der Waals surface area contributed by atoms with Gasteiger partial charge in [-0.15, -0.1) is 10.2 Å². The largest absolute Gasteiger partial charge is 0.312 e. The van der Waals surface area contributed by atoms with Crippen molar-refractivity contribution in [3.05, 3.63) is 54.5 Å². The van der Waals surface area contributed by atoms with Crippen molar-refractivity contribution < 1.29 is 13.2 Å². The molecular weight excluding hydrogens is 390 g/mol. The maximum atomic E-state index is 13.4. The Morgan fingerprint density at radius 1 is 0.966 bits per heavy atom. The Labute approximate surface area is 168 Å². The fraction of sp³-hybridized carbons (Fsp3) is 0.350. The summed E-state index contributed by atoms with van der Waals surface area (Å²) in [5.74, 6) is 0.722. The number of sulfonamides is 1. The Bertz CT molecular complexity index is 1170. The lowest BCUT2D eigenvalue weighted by Crippen LogP contribution is -2.31. The van der Waals surface area contributed by atoms with E-state index in [0.29, 0.717) is 37.4 Å². The molecule has 0 unspecified atom stereocenters. The summed E-state index contributed by atoms with van der Waals surface area (Å²) in [5, 5.41) is 8.44. The number of hydrogen-bond donors (Lipinski definition) is 0. The van der Waals surface area contributed by atoms with Crippen LogP contribution in [0, 0.1) is 0 Å². The van der Waals surface area contributed by atoms with Crippen molar-refractivity contribution in [2.45, 2.75) is 36.6 Å². The summed E-state index contributed by atoms with van der Waals surface area (Å²) in [6.07, 6.45) is 4.71. The first-order chi connectivity index (χ1) is 14.1. The zero-order chi connectivity index (χ0) is 20.0. The van der Waals surface area contributed by atoms with Crippen LogP contribution in [0.1, 0.15) is 37.5 Å². The molecule has 3 aromatic rings. The van der Waals surface area contributed by atoms with E-state index in [4.69, 9.17) is 0 Å². The second kappa shape index (κ2) is 6.93. The number of aromatic nitrogens is 3. The molecule has 8 nitrogen and oxygen atoms in total. The van der Waals surface area contributed by atoms with Gasteiger partial charge >= 0.3 is 0 Å². The van der Waals surface area contributed by atoms with Gasteiger partial charge in [0, 0.05) is 31.4 Å². The van der Waals surface area contributed by atoms with Crippen molar-refractivity contribution in [1.29, 1.82) is 0 Å². The summed E-state index contributed by atoms with van der Waals surface area (Å²) in [5.41, 5.74) is 1.44. The van der Waals surface area contributed by atoms with E-state index < -0.39 is 10.0 Å². The quantitative estimate of drug-likeness (QED) is 0.658. The molecule has 0 aliphatic carbocycles. The van der Waals surface area contributed by atoms with E-state index in [1.165, 1.54) is 4.31 Å². The molecule has 2 saturated heterocycles. The van der Waals surface area contributed by atoms with Crippen molar-refractivity contribution in [1.82, 2.24) is 18.9 Å². The van der Waals surface area contributed by atoms with Crippen LogP contribution in [0.3, 0.4) is 0 Å². The van der Waals surface area contributed by atoms with Crippen LogP contribution in [-0.4, -0.2) is 46.3 Å². The smallest absolute Gasteiger partial charge is 0.243 e. The van der Waals surface area contributed by atoms with E-state index in [0.717, 1.165) is 18.5 Å². The zero-order valence-corrected chi connectivity index (χ0v) is 16.6. The van der Waals surface area contributed by atoms with Crippen LogP contribution in [0.5, 0.6) is 0 Å². The van der Waals surface area contributed by atoms with Crippen LogP contribution in [0.2, 0.25) is 0 Å². The second-order valence-electron chi connectivity index (χ2n) is 7.40. The lowest BCUT2D eigenvalue weighted by molar-refractivity contribution is -0.117. The van der Waals surface area contributed by atoms with E-state index in [-0.39, 0.29) is 16.8 Å². The van der Waals surface area contributed by atoms with Gasteiger partial charge in [-0.25, -0.2) is 8.42 Å². The molecule has 0 bridgehead atoms. The number of carbonyl (C=O) groups is 1. The van der Waals surface area contributed by atoms with E-state index in [1.807, 2.05) is 28.8 Å². The fourth-order valence-electron chi connectivity index (χ4n) is 4.23. The predicted octanol–water partition coefficient (Wildman–Crippen LogP) is 2.38. The minimum Gasteiger partial charge on any atom is -0.312 e. The molecule has 5 rings (SSSR count). The highest BCUT2D eigenvalue weighted by Crippen LogP contribution is 2.36. The molecule has 2 fully saturated rings. The number of benzene rings is 1. The molecule has 9 heteroatoms. The first kappa shape index (κ1) is 18.3. The third-order valence-electron chi connectivity index (χ3n) is 5.67. The molecule has 0 N–H and O–H groups in total. The summed E-state index contributed by atoms with van der Waals surface area (Å²) in [7, 11) is -3.69. The Kier molecular flexibility index (Phi) is 4.36. The van der Waals surface area contributed by atoms with Crippen LogP contribution < -0.4 is 4.90 Å². The van der Waals surface area contributed by atoms with Gasteiger partial charge in [-0.3, -0.25) is 9.20 Å². The molecule has 0 spiro atoms. The second-order valence-corrected chi connectivity index (χ2v) is 9.29. The van der Waals surface area contributed by atoms with E-state index in [1.54, 1.807) is 29.2 Å². The van der Waals surface area contributed by atoms with Crippen molar-refractivity contribution in [2.75, 3.05) is 18.0 Å². The van der Waals surface area contributed by atoms with Gasteiger partial charge in [-0.2, -0.15) is 4.31 Å². The molecule has 0 radical (unpaired) electrons. The third kappa shape index (κ3) is 3.01. The Morgan fingerprint density at radius 3 is 2.55 bits per heavy atom. The SMILES string of the molecule is O=C1CCCN1c1ccc(S(=O)(=O)N2CCC[C@@H]2c2nnc3ccccn23)cc1. The van der Waals surface area contributed by atoms with Gasteiger partial charge in [0.15, 0.2) is 11.5 Å². The highest BCUT2D eigenvalue weighted by atomic mass is 32.2. The van der Waals surface area contributed by atoms with Crippen LogP contribution in [0.4, 0.5) is 5.69 Å². The van der Waals surface area contributed by atoms with Crippen LogP contribution >= 0.6 is 0 Å². The van der Waals surface area contributed by atoms with Gasteiger partial charge in [0.1, 0.15) is 0 Å². The number of fused-ring (bicyclic) bond motifs is 1. The molecule has 150 valence electrons.